The molecule has 3 aromatic rings. The molecule has 7 nitrogen and oxygen atoms in total. The molecular weight excluding hydrogens is 546 g/mol. The zero-order valence-corrected chi connectivity index (χ0v) is 25.1. The van der Waals surface area contributed by atoms with Crippen LogP contribution >= 0.6 is 11.6 Å². The number of nitrogens with zero attached hydrogens (tertiary/aromatic N) is 2. The summed E-state index contributed by atoms with van der Waals surface area (Å²) in [6.45, 7) is 6.05. The molecule has 0 aliphatic rings. The number of halogens is 1. The van der Waals surface area contributed by atoms with Crippen molar-refractivity contribution in [2.24, 2.45) is 5.92 Å². The molecule has 0 aliphatic carbocycles. The predicted molar refractivity (Wildman–Crippen MR) is 162 cm³/mol. The first-order valence-corrected chi connectivity index (χ1v) is 15.6. The number of nitrogens with one attached hydrogen (secondary N) is 1. The van der Waals surface area contributed by atoms with Crippen molar-refractivity contribution in [3.05, 3.63) is 101 Å². The highest BCUT2D eigenvalue weighted by Crippen LogP contribution is 2.25. The molecule has 1 N–H and O–H groups in total. The van der Waals surface area contributed by atoms with E-state index < -0.39 is 28.5 Å². The number of carbonyl (C=O) groups excluding carboxylic acids is 2. The van der Waals surface area contributed by atoms with Crippen LogP contribution in [-0.2, 0) is 39.0 Å². The highest BCUT2D eigenvalue weighted by atomic mass is 35.5. The van der Waals surface area contributed by atoms with Crippen LogP contribution in [0.25, 0.3) is 0 Å². The number of sulfonamides is 1. The maximum Gasteiger partial charge on any atom is 0.244 e. The van der Waals surface area contributed by atoms with Crippen LogP contribution in [0.5, 0.6) is 0 Å². The molecule has 0 spiro atoms. The van der Waals surface area contributed by atoms with Crippen LogP contribution in [0.1, 0.15) is 37.5 Å². The largest absolute Gasteiger partial charge is 0.354 e. The Hall–Kier alpha value is -3.36. The van der Waals surface area contributed by atoms with Crippen LogP contribution < -0.4 is 9.62 Å². The summed E-state index contributed by atoms with van der Waals surface area (Å²) in [7, 11) is -3.82. The van der Waals surface area contributed by atoms with Crippen LogP contribution in [0.2, 0.25) is 5.02 Å². The van der Waals surface area contributed by atoms with E-state index >= 15 is 0 Å². The molecule has 0 fully saturated rings. The van der Waals surface area contributed by atoms with Gasteiger partial charge in [0.25, 0.3) is 0 Å². The van der Waals surface area contributed by atoms with Gasteiger partial charge in [0.15, 0.2) is 0 Å². The topological polar surface area (TPSA) is 86.8 Å². The molecule has 0 heterocycles. The Kier molecular flexibility index (Phi) is 11.2. The normalized spacial score (nSPS) is 12.2. The number of aryl methyl sites for hydroxylation is 1. The molecule has 3 aromatic carbocycles. The Bertz CT molecular complexity index is 1380. The molecule has 0 radical (unpaired) electrons. The Labute approximate surface area is 243 Å². The van der Waals surface area contributed by atoms with Crippen molar-refractivity contribution in [1.29, 1.82) is 0 Å². The first-order chi connectivity index (χ1) is 19.0. The van der Waals surface area contributed by atoms with Gasteiger partial charge < -0.3 is 10.2 Å². The van der Waals surface area contributed by atoms with Crippen LogP contribution in [-0.4, -0.2) is 50.5 Å². The molecule has 2 amide bonds. The first kappa shape index (κ1) is 31.2. The molecule has 1 atom stereocenters. The minimum absolute atomic E-state index is 0.107. The van der Waals surface area contributed by atoms with Gasteiger partial charge >= 0.3 is 0 Å². The van der Waals surface area contributed by atoms with Gasteiger partial charge in [-0.05, 0) is 47.2 Å². The average molecular weight is 584 g/mol. The van der Waals surface area contributed by atoms with Crippen LogP contribution in [0.15, 0.2) is 78.9 Å². The number of hydrogen-bond acceptors (Lipinski definition) is 4. The highest BCUT2D eigenvalue weighted by molar-refractivity contribution is 7.92. The van der Waals surface area contributed by atoms with Crippen LogP contribution in [0, 0.1) is 5.92 Å². The summed E-state index contributed by atoms with van der Waals surface area (Å²) in [5, 5.41) is 3.53. The predicted octanol–water partition coefficient (Wildman–Crippen LogP) is 5.08. The maximum atomic E-state index is 14.1. The van der Waals surface area contributed by atoms with Crippen LogP contribution in [0.3, 0.4) is 0 Å². The molecule has 0 bridgehead atoms. The Balaban J connectivity index is 2.06. The van der Waals surface area contributed by atoms with Crippen molar-refractivity contribution in [2.45, 2.75) is 46.2 Å². The van der Waals surface area contributed by atoms with Gasteiger partial charge in [0.05, 0.1) is 11.9 Å². The Morgan fingerprint density at radius 3 is 2.12 bits per heavy atom. The van der Waals surface area contributed by atoms with Crippen LogP contribution in [0.4, 0.5) is 5.69 Å². The molecule has 214 valence electrons. The summed E-state index contributed by atoms with van der Waals surface area (Å²) >= 11 is 6.10. The van der Waals surface area contributed by atoms with Crippen molar-refractivity contribution in [3.8, 4) is 0 Å². The van der Waals surface area contributed by atoms with Gasteiger partial charge in [-0.2, -0.15) is 0 Å². The summed E-state index contributed by atoms with van der Waals surface area (Å²) in [5.41, 5.74) is 2.92. The number of carbonyl (C=O) groups is 2. The summed E-state index contributed by atoms with van der Waals surface area (Å²) in [6.07, 6.45) is 1.96. The molecular formula is C31H38ClN3O4S. The third-order valence-corrected chi connectivity index (χ3v) is 7.92. The lowest BCUT2D eigenvalue weighted by Crippen LogP contribution is -2.53. The molecule has 0 saturated carbocycles. The second-order valence-corrected chi connectivity index (χ2v) is 12.6. The third-order valence-electron chi connectivity index (χ3n) is 6.54. The number of amides is 2. The maximum absolute atomic E-state index is 14.1. The van der Waals surface area contributed by atoms with E-state index in [1.807, 2.05) is 63.2 Å². The monoisotopic (exact) mass is 583 g/mol. The van der Waals surface area contributed by atoms with Gasteiger partial charge in [0, 0.05) is 24.5 Å². The number of anilines is 1. The van der Waals surface area contributed by atoms with Crippen molar-refractivity contribution in [1.82, 2.24) is 10.2 Å². The minimum Gasteiger partial charge on any atom is -0.354 e. The number of para-hydroxylation sites is 1. The fourth-order valence-electron chi connectivity index (χ4n) is 4.41. The van der Waals surface area contributed by atoms with E-state index in [0.29, 0.717) is 23.7 Å². The van der Waals surface area contributed by atoms with E-state index in [-0.39, 0.29) is 24.8 Å². The molecule has 0 aromatic heterocycles. The second-order valence-electron chi connectivity index (χ2n) is 10.2. The van der Waals surface area contributed by atoms with E-state index in [1.54, 1.807) is 36.4 Å². The summed E-state index contributed by atoms with van der Waals surface area (Å²) < 4.78 is 27.1. The summed E-state index contributed by atoms with van der Waals surface area (Å²) in [6, 6.07) is 22.8. The van der Waals surface area contributed by atoms with Crippen molar-refractivity contribution in [3.63, 3.8) is 0 Å². The van der Waals surface area contributed by atoms with Gasteiger partial charge in [-0.1, -0.05) is 93.0 Å². The van der Waals surface area contributed by atoms with E-state index in [0.717, 1.165) is 27.3 Å². The third kappa shape index (κ3) is 8.83. The molecule has 9 heteroatoms. The van der Waals surface area contributed by atoms with Crippen molar-refractivity contribution >= 4 is 39.1 Å². The first-order valence-electron chi connectivity index (χ1n) is 13.4. The van der Waals surface area contributed by atoms with Gasteiger partial charge in [0.1, 0.15) is 12.6 Å². The van der Waals surface area contributed by atoms with Gasteiger partial charge in [-0.25, -0.2) is 8.42 Å². The number of benzene rings is 3. The smallest absolute Gasteiger partial charge is 0.244 e. The fraction of sp³-hybridized carbons (Fsp3) is 0.355. The number of rotatable bonds is 13. The molecule has 0 saturated heterocycles. The lowest BCUT2D eigenvalue weighted by molar-refractivity contribution is -0.140. The van der Waals surface area contributed by atoms with E-state index in [1.165, 1.54) is 4.90 Å². The standard InChI is InChI=1S/C31H38ClN3O4S/c1-5-26-13-9-10-14-28(26)35(40(4,38)39)22-30(36)34(21-25-15-17-27(32)18-16-25)29(31(37)33-20-23(2)3)19-24-11-7-6-8-12-24/h6-18,23,29H,5,19-22H2,1-4H3,(H,33,37)/t29-/m1/s1. The van der Waals surface area contributed by atoms with Gasteiger partial charge in [-0.3, -0.25) is 13.9 Å². The van der Waals surface area contributed by atoms with E-state index in [2.05, 4.69) is 5.32 Å². The Morgan fingerprint density at radius 1 is 0.900 bits per heavy atom. The summed E-state index contributed by atoms with van der Waals surface area (Å²) in [4.78, 5) is 29.3. The zero-order valence-electron chi connectivity index (χ0n) is 23.5. The Morgan fingerprint density at radius 2 is 1.52 bits per heavy atom. The zero-order chi connectivity index (χ0) is 29.3. The van der Waals surface area contributed by atoms with Gasteiger partial charge in [-0.15, -0.1) is 0 Å². The second kappa shape index (κ2) is 14.3. The lowest BCUT2D eigenvalue weighted by Gasteiger charge is -2.34. The summed E-state index contributed by atoms with van der Waals surface area (Å²) in [5.74, 6) is -0.556. The fourth-order valence-corrected chi connectivity index (χ4v) is 5.42. The average Bonchev–Trinajstić information content (AvgIpc) is 2.93. The van der Waals surface area contributed by atoms with Crippen molar-refractivity contribution < 1.29 is 18.0 Å². The van der Waals surface area contributed by atoms with E-state index in [9.17, 15) is 18.0 Å². The molecule has 0 unspecified atom stereocenters. The SMILES string of the molecule is CCc1ccccc1N(CC(=O)N(Cc1ccc(Cl)cc1)[C@H](Cc1ccccc1)C(=O)NCC(C)C)S(C)(=O)=O. The highest BCUT2D eigenvalue weighted by Gasteiger charge is 2.33. The molecule has 40 heavy (non-hydrogen) atoms. The molecule has 0 aliphatic heterocycles. The minimum atomic E-state index is -3.82. The quantitative estimate of drug-likeness (QED) is 0.304. The van der Waals surface area contributed by atoms with Gasteiger partial charge in [0.2, 0.25) is 21.8 Å². The lowest BCUT2D eigenvalue weighted by atomic mass is 10.0. The van der Waals surface area contributed by atoms with E-state index in [4.69, 9.17) is 11.6 Å². The van der Waals surface area contributed by atoms with Crippen molar-refractivity contribution in [2.75, 3.05) is 23.7 Å². The molecule has 3 rings (SSSR count). The number of hydrogen-bond donors (Lipinski definition) is 1.